The Hall–Kier alpha value is -1.36. The van der Waals surface area contributed by atoms with Crippen LogP contribution in [0.5, 0.6) is 0 Å². The predicted octanol–water partition coefficient (Wildman–Crippen LogP) is 0.127. The second-order valence-electron chi connectivity index (χ2n) is 3.59. The number of amides is 1. The van der Waals surface area contributed by atoms with Crippen LogP contribution in [0.1, 0.15) is 19.8 Å². The van der Waals surface area contributed by atoms with E-state index in [-0.39, 0.29) is 11.9 Å². The van der Waals surface area contributed by atoms with Crippen LogP contribution in [0.3, 0.4) is 0 Å². The van der Waals surface area contributed by atoms with Gasteiger partial charge in [-0.1, -0.05) is 0 Å². The average molecular weight is 210 g/mol. The highest BCUT2D eigenvalue weighted by Gasteiger charge is 2.07. The molecule has 0 aliphatic carbocycles. The number of nitrogens with one attached hydrogen (secondary N) is 1. The average Bonchev–Trinajstić information content (AvgIpc) is 2.67. The van der Waals surface area contributed by atoms with Crippen molar-refractivity contribution in [1.29, 1.82) is 0 Å². The number of hydrogen-bond donors (Lipinski definition) is 2. The van der Waals surface area contributed by atoms with Crippen LogP contribution in [0.25, 0.3) is 0 Å². The molecule has 15 heavy (non-hydrogen) atoms. The maximum absolute atomic E-state index is 11.3. The van der Waals surface area contributed by atoms with Crippen LogP contribution in [-0.4, -0.2) is 28.3 Å². The molecule has 0 spiro atoms. The molecule has 0 aliphatic heterocycles. The van der Waals surface area contributed by atoms with Crippen LogP contribution in [-0.2, 0) is 11.3 Å². The summed E-state index contributed by atoms with van der Waals surface area (Å²) in [7, 11) is 0. The Morgan fingerprint density at radius 2 is 2.47 bits per heavy atom. The number of rotatable bonds is 6. The third-order valence-corrected chi connectivity index (χ3v) is 2.04. The highest BCUT2D eigenvalue weighted by Crippen LogP contribution is 1.93. The molecule has 0 aliphatic rings. The lowest BCUT2D eigenvalue weighted by Gasteiger charge is -2.13. The monoisotopic (exact) mass is 210 g/mol. The number of nitrogens with zero attached hydrogens (tertiary/aromatic N) is 2. The molecular formula is C10H18N4O. The molecule has 0 radical (unpaired) electrons. The fourth-order valence-corrected chi connectivity index (χ4v) is 1.34. The predicted molar refractivity (Wildman–Crippen MR) is 58.1 cm³/mol. The van der Waals surface area contributed by atoms with E-state index in [0.717, 1.165) is 6.42 Å². The molecule has 1 unspecified atom stereocenters. The van der Waals surface area contributed by atoms with Gasteiger partial charge in [-0.25, -0.2) is 0 Å². The quantitative estimate of drug-likeness (QED) is 0.700. The van der Waals surface area contributed by atoms with Gasteiger partial charge in [-0.15, -0.1) is 0 Å². The minimum Gasteiger partial charge on any atom is -0.352 e. The second kappa shape index (κ2) is 6.19. The van der Waals surface area contributed by atoms with E-state index in [1.54, 1.807) is 10.9 Å². The smallest absolute Gasteiger partial charge is 0.220 e. The molecule has 5 heteroatoms. The van der Waals surface area contributed by atoms with Crippen LogP contribution in [0, 0.1) is 0 Å². The van der Waals surface area contributed by atoms with Crippen LogP contribution in [0.4, 0.5) is 0 Å². The summed E-state index contributed by atoms with van der Waals surface area (Å²) in [5.41, 5.74) is 5.32. The van der Waals surface area contributed by atoms with Gasteiger partial charge in [0.25, 0.3) is 0 Å². The fourth-order valence-electron chi connectivity index (χ4n) is 1.34. The molecule has 1 heterocycles. The molecular weight excluding hydrogens is 192 g/mol. The van der Waals surface area contributed by atoms with Gasteiger partial charge in [-0.05, 0) is 26.0 Å². The number of hydrogen-bond acceptors (Lipinski definition) is 3. The highest BCUT2D eigenvalue weighted by atomic mass is 16.1. The lowest BCUT2D eigenvalue weighted by molar-refractivity contribution is -0.121. The standard InChI is InChI=1S/C10H18N4O/c1-9(8-14-7-3-6-12-14)13-10(15)4-2-5-11/h3,6-7,9H,2,4-5,8,11H2,1H3,(H,13,15). The molecule has 5 nitrogen and oxygen atoms in total. The number of nitrogens with two attached hydrogens (primary N) is 1. The van der Waals surface area contributed by atoms with Crippen LogP contribution >= 0.6 is 0 Å². The molecule has 0 aromatic carbocycles. The molecule has 1 aromatic heterocycles. The van der Waals surface area contributed by atoms with Gasteiger partial charge in [0.15, 0.2) is 0 Å². The first-order valence-electron chi connectivity index (χ1n) is 5.19. The third kappa shape index (κ3) is 4.60. The van der Waals surface area contributed by atoms with E-state index in [4.69, 9.17) is 5.73 Å². The van der Waals surface area contributed by atoms with Gasteiger partial charge < -0.3 is 11.1 Å². The van der Waals surface area contributed by atoms with Crippen LogP contribution in [0.15, 0.2) is 18.5 Å². The second-order valence-corrected chi connectivity index (χ2v) is 3.59. The summed E-state index contributed by atoms with van der Waals surface area (Å²) in [5.74, 6) is 0.0557. The van der Waals surface area contributed by atoms with Crippen molar-refractivity contribution in [1.82, 2.24) is 15.1 Å². The van der Waals surface area contributed by atoms with Crippen molar-refractivity contribution in [2.75, 3.05) is 6.54 Å². The van der Waals surface area contributed by atoms with Gasteiger partial charge in [-0.3, -0.25) is 9.48 Å². The van der Waals surface area contributed by atoms with Crippen molar-refractivity contribution in [3.05, 3.63) is 18.5 Å². The van der Waals surface area contributed by atoms with E-state index < -0.39 is 0 Å². The zero-order valence-electron chi connectivity index (χ0n) is 9.02. The summed E-state index contributed by atoms with van der Waals surface area (Å²) in [4.78, 5) is 11.3. The highest BCUT2D eigenvalue weighted by molar-refractivity contribution is 5.76. The maximum atomic E-state index is 11.3. The summed E-state index contributed by atoms with van der Waals surface area (Å²) in [6.45, 7) is 3.21. The van der Waals surface area contributed by atoms with E-state index in [1.165, 1.54) is 0 Å². The topological polar surface area (TPSA) is 72.9 Å². The van der Waals surface area contributed by atoms with E-state index in [0.29, 0.717) is 19.5 Å². The molecule has 1 amide bonds. The first-order valence-corrected chi connectivity index (χ1v) is 5.19. The Labute approximate surface area is 89.6 Å². The van der Waals surface area contributed by atoms with E-state index in [1.807, 2.05) is 19.2 Å². The van der Waals surface area contributed by atoms with Crippen molar-refractivity contribution in [3.8, 4) is 0 Å². The first kappa shape index (κ1) is 11.7. The zero-order valence-corrected chi connectivity index (χ0v) is 9.02. The summed E-state index contributed by atoms with van der Waals surface area (Å²) in [5, 5.41) is 6.97. The molecule has 0 bridgehead atoms. The minimum absolute atomic E-state index is 0.0557. The zero-order chi connectivity index (χ0) is 11.1. The van der Waals surface area contributed by atoms with Crippen molar-refractivity contribution >= 4 is 5.91 Å². The van der Waals surface area contributed by atoms with Crippen molar-refractivity contribution in [2.45, 2.75) is 32.4 Å². The van der Waals surface area contributed by atoms with Gasteiger partial charge in [-0.2, -0.15) is 5.10 Å². The Morgan fingerprint density at radius 3 is 3.07 bits per heavy atom. The Kier molecular flexibility index (Phi) is 4.83. The lowest BCUT2D eigenvalue weighted by Crippen LogP contribution is -2.35. The Morgan fingerprint density at radius 1 is 1.67 bits per heavy atom. The van der Waals surface area contributed by atoms with Crippen LogP contribution < -0.4 is 11.1 Å². The van der Waals surface area contributed by atoms with Gasteiger partial charge in [0, 0.05) is 24.9 Å². The normalized spacial score (nSPS) is 12.4. The van der Waals surface area contributed by atoms with Gasteiger partial charge >= 0.3 is 0 Å². The molecule has 1 atom stereocenters. The van der Waals surface area contributed by atoms with E-state index >= 15 is 0 Å². The fraction of sp³-hybridized carbons (Fsp3) is 0.600. The lowest BCUT2D eigenvalue weighted by atomic mass is 10.2. The van der Waals surface area contributed by atoms with Gasteiger partial charge in [0.2, 0.25) is 5.91 Å². The molecule has 1 aromatic rings. The third-order valence-electron chi connectivity index (χ3n) is 2.04. The SMILES string of the molecule is CC(Cn1cccn1)NC(=O)CCCN. The largest absolute Gasteiger partial charge is 0.352 e. The van der Waals surface area contributed by atoms with E-state index in [2.05, 4.69) is 10.4 Å². The van der Waals surface area contributed by atoms with Crippen molar-refractivity contribution in [3.63, 3.8) is 0 Å². The molecule has 84 valence electrons. The van der Waals surface area contributed by atoms with Crippen molar-refractivity contribution in [2.24, 2.45) is 5.73 Å². The summed E-state index contributed by atoms with van der Waals surface area (Å²) < 4.78 is 1.80. The summed E-state index contributed by atoms with van der Waals surface area (Å²) in [6.07, 6.45) is 4.84. The summed E-state index contributed by atoms with van der Waals surface area (Å²) in [6, 6.07) is 1.96. The summed E-state index contributed by atoms with van der Waals surface area (Å²) >= 11 is 0. The van der Waals surface area contributed by atoms with Gasteiger partial charge in [0.05, 0.1) is 6.54 Å². The number of carbonyl (C=O) groups is 1. The van der Waals surface area contributed by atoms with Gasteiger partial charge in [0.1, 0.15) is 0 Å². The van der Waals surface area contributed by atoms with Crippen molar-refractivity contribution < 1.29 is 4.79 Å². The number of carbonyl (C=O) groups excluding carboxylic acids is 1. The molecule has 0 saturated carbocycles. The molecule has 3 N–H and O–H groups in total. The number of aromatic nitrogens is 2. The van der Waals surface area contributed by atoms with E-state index in [9.17, 15) is 4.79 Å². The molecule has 0 saturated heterocycles. The first-order chi connectivity index (χ1) is 7.22. The Bertz CT molecular complexity index is 284. The minimum atomic E-state index is 0.0557. The maximum Gasteiger partial charge on any atom is 0.220 e. The molecule has 0 fully saturated rings. The molecule has 1 rings (SSSR count). The Balaban J connectivity index is 2.23. The van der Waals surface area contributed by atoms with Crippen LogP contribution in [0.2, 0.25) is 0 Å².